The lowest BCUT2D eigenvalue weighted by atomic mass is 10.1. The molecule has 0 bridgehead atoms. The molecule has 0 saturated carbocycles. The van der Waals surface area contributed by atoms with Crippen LogP contribution >= 0.6 is 11.3 Å². The van der Waals surface area contributed by atoms with Crippen molar-refractivity contribution in [2.24, 2.45) is 0 Å². The molecule has 0 aliphatic heterocycles. The molecule has 24 heavy (non-hydrogen) atoms. The topological polar surface area (TPSA) is 56.0 Å². The third-order valence-electron chi connectivity index (χ3n) is 3.42. The van der Waals surface area contributed by atoms with E-state index in [9.17, 15) is 17.6 Å². The molecule has 0 amide bonds. The number of aromatic nitrogens is 5. The maximum atomic E-state index is 14.2. The first kappa shape index (κ1) is 14.9. The second-order valence-corrected chi connectivity index (χ2v) is 5.99. The minimum atomic E-state index is -4.55. The molecule has 0 spiro atoms. The summed E-state index contributed by atoms with van der Waals surface area (Å²) in [5.74, 6) is -0.372. The van der Waals surface area contributed by atoms with Crippen molar-refractivity contribution in [3.8, 4) is 0 Å². The summed E-state index contributed by atoms with van der Waals surface area (Å²) in [4.78, 5) is 4.07. The second-order valence-electron chi connectivity index (χ2n) is 5.03. The van der Waals surface area contributed by atoms with Crippen molar-refractivity contribution < 1.29 is 17.6 Å². The fourth-order valence-corrected chi connectivity index (χ4v) is 3.06. The van der Waals surface area contributed by atoms with Crippen LogP contribution in [0, 0.1) is 5.82 Å². The first-order valence-electron chi connectivity index (χ1n) is 6.73. The smallest absolute Gasteiger partial charge is 0.256 e. The Labute approximate surface area is 135 Å². The number of benzene rings is 1. The van der Waals surface area contributed by atoms with E-state index in [-0.39, 0.29) is 22.8 Å². The quantitative estimate of drug-likeness (QED) is 0.518. The van der Waals surface area contributed by atoms with Gasteiger partial charge in [0.15, 0.2) is 5.82 Å². The monoisotopic (exact) mass is 353 g/mol. The molecule has 1 aromatic carbocycles. The van der Waals surface area contributed by atoms with E-state index in [0.29, 0.717) is 16.9 Å². The Morgan fingerprint density at radius 2 is 2.00 bits per heavy atom. The maximum Gasteiger partial charge on any atom is 0.445 e. The number of pyridine rings is 1. The molecule has 0 unspecified atom stereocenters. The molecule has 5 nitrogen and oxygen atoms in total. The minimum Gasteiger partial charge on any atom is -0.256 e. The zero-order chi connectivity index (χ0) is 16.9. The van der Waals surface area contributed by atoms with E-state index in [4.69, 9.17) is 0 Å². The van der Waals surface area contributed by atoms with Crippen LogP contribution < -0.4 is 0 Å². The highest BCUT2D eigenvalue weighted by molar-refractivity contribution is 7.16. The molecule has 0 saturated heterocycles. The van der Waals surface area contributed by atoms with E-state index in [0.717, 1.165) is 9.90 Å². The minimum absolute atomic E-state index is 0.0141. The number of nitrogens with zero attached hydrogens (tertiary/aromatic N) is 5. The molecule has 10 heteroatoms. The number of hydrogen-bond donors (Lipinski definition) is 0. The summed E-state index contributed by atoms with van der Waals surface area (Å²) >= 11 is 0.392. The van der Waals surface area contributed by atoms with Crippen LogP contribution in [0.4, 0.5) is 17.6 Å². The predicted molar refractivity (Wildman–Crippen MR) is 78.2 cm³/mol. The lowest BCUT2D eigenvalue weighted by molar-refractivity contribution is -0.138. The van der Waals surface area contributed by atoms with Gasteiger partial charge in [0, 0.05) is 24.1 Å². The van der Waals surface area contributed by atoms with Crippen molar-refractivity contribution in [2.75, 3.05) is 0 Å². The van der Waals surface area contributed by atoms with Gasteiger partial charge in [0.25, 0.3) is 0 Å². The molecule has 122 valence electrons. The molecule has 0 radical (unpaired) electrons. The number of alkyl halides is 3. The molecule has 0 fully saturated rings. The lowest BCUT2D eigenvalue weighted by Gasteiger charge is -2.04. The summed E-state index contributed by atoms with van der Waals surface area (Å²) in [6.45, 7) is 0. The molecule has 3 heterocycles. The van der Waals surface area contributed by atoms with E-state index >= 15 is 0 Å². The van der Waals surface area contributed by atoms with Gasteiger partial charge in [-0.25, -0.2) is 4.39 Å². The van der Waals surface area contributed by atoms with Gasteiger partial charge in [-0.05, 0) is 17.7 Å². The molecule has 4 rings (SSSR count). The summed E-state index contributed by atoms with van der Waals surface area (Å²) in [5.41, 5.74) is 0.782. The van der Waals surface area contributed by atoms with E-state index < -0.39 is 17.0 Å². The summed E-state index contributed by atoms with van der Waals surface area (Å²) in [7, 11) is 0. The standard InChI is InChI=1S/C14H7F4N5S/c15-9-6-10-7(2-1-3-19-10)4-8(9)5-11-20-21-13-23(11)22-12(24-13)14(16,17)18/h1-4,6H,5H2. The van der Waals surface area contributed by atoms with Crippen LogP contribution in [0.5, 0.6) is 0 Å². The van der Waals surface area contributed by atoms with E-state index in [1.807, 2.05) is 0 Å². The van der Waals surface area contributed by atoms with Gasteiger partial charge in [0.2, 0.25) is 9.97 Å². The van der Waals surface area contributed by atoms with Crippen LogP contribution in [0.3, 0.4) is 0 Å². The molecule has 4 aromatic rings. The Bertz CT molecular complexity index is 1050. The average Bonchev–Trinajstić information content (AvgIpc) is 3.09. The highest BCUT2D eigenvalue weighted by atomic mass is 32.1. The van der Waals surface area contributed by atoms with Gasteiger partial charge in [-0.2, -0.15) is 17.7 Å². The third-order valence-corrected chi connectivity index (χ3v) is 4.36. The number of halogens is 4. The fraction of sp³-hybridized carbons (Fsp3) is 0.143. The van der Waals surface area contributed by atoms with Gasteiger partial charge in [-0.3, -0.25) is 4.98 Å². The van der Waals surface area contributed by atoms with Gasteiger partial charge in [0.05, 0.1) is 5.52 Å². The maximum absolute atomic E-state index is 14.2. The van der Waals surface area contributed by atoms with E-state index in [1.54, 1.807) is 24.4 Å². The highest BCUT2D eigenvalue weighted by Crippen LogP contribution is 2.32. The summed E-state index contributed by atoms with van der Waals surface area (Å²) < 4.78 is 53.4. The number of hydrogen-bond acceptors (Lipinski definition) is 5. The van der Waals surface area contributed by atoms with Crippen molar-refractivity contribution in [2.45, 2.75) is 12.6 Å². The van der Waals surface area contributed by atoms with Gasteiger partial charge in [-0.15, -0.1) is 15.3 Å². The van der Waals surface area contributed by atoms with Crippen molar-refractivity contribution in [3.05, 3.63) is 52.7 Å². The summed E-state index contributed by atoms with van der Waals surface area (Å²) in [6, 6.07) is 6.37. The fourth-order valence-electron chi connectivity index (χ4n) is 2.33. The van der Waals surface area contributed by atoms with Crippen LogP contribution in [0.2, 0.25) is 0 Å². The van der Waals surface area contributed by atoms with E-state index in [1.165, 1.54) is 6.07 Å². The summed E-state index contributed by atoms with van der Waals surface area (Å²) in [6.07, 6.45) is -3.03. The van der Waals surface area contributed by atoms with Crippen LogP contribution in [0.1, 0.15) is 16.4 Å². The Balaban J connectivity index is 1.76. The number of fused-ring (bicyclic) bond motifs is 2. The molecular weight excluding hydrogens is 346 g/mol. The zero-order valence-corrected chi connectivity index (χ0v) is 12.6. The first-order valence-corrected chi connectivity index (χ1v) is 7.55. The average molecular weight is 353 g/mol. The molecular formula is C14H7F4N5S. The lowest BCUT2D eigenvalue weighted by Crippen LogP contribution is -2.06. The van der Waals surface area contributed by atoms with Gasteiger partial charge in [0.1, 0.15) is 5.82 Å². The Morgan fingerprint density at radius 3 is 2.79 bits per heavy atom. The van der Waals surface area contributed by atoms with Gasteiger partial charge < -0.3 is 0 Å². The van der Waals surface area contributed by atoms with Crippen LogP contribution in [0.15, 0.2) is 30.5 Å². The van der Waals surface area contributed by atoms with E-state index in [2.05, 4.69) is 20.3 Å². The van der Waals surface area contributed by atoms with Crippen molar-refractivity contribution >= 4 is 27.2 Å². The zero-order valence-electron chi connectivity index (χ0n) is 11.8. The molecule has 0 atom stereocenters. The molecule has 3 aromatic heterocycles. The van der Waals surface area contributed by atoms with Gasteiger partial charge >= 0.3 is 6.18 Å². The van der Waals surface area contributed by atoms with Gasteiger partial charge in [-0.1, -0.05) is 17.4 Å². The first-order chi connectivity index (χ1) is 11.4. The largest absolute Gasteiger partial charge is 0.445 e. The third kappa shape index (κ3) is 2.48. The molecule has 0 N–H and O–H groups in total. The number of rotatable bonds is 2. The van der Waals surface area contributed by atoms with Crippen molar-refractivity contribution in [1.29, 1.82) is 0 Å². The Kier molecular flexibility index (Phi) is 3.23. The SMILES string of the molecule is Fc1cc2ncccc2cc1Cc1nnc2sc(C(F)(F)F)nn12. The Hall–Kier alpha value is -2.62. The molecule has 0 aliphatic carbocycles. The van der Waals surface area contributed by atoms with Crippen LogP contribution in [0.25, 0.3) is 15.9 Å². The van der Waals surface area contributed by atoms with Crippen molar-refractivity contribution in [3.63, 3.8) is 0 Å². The second kappa shape index (κ2) is 5.20. The molecule has 0 aliphatic rings. The van der Waals surface area contributed by atoms with Crippen LogP contribution in [-0.2, 0) is 12.6 Å². The summed E-state index contributed by atoms with van der Waals surface area (Å²) in [5, 5.41) is 10.7. The Morgan fingerprint density at radius 1 is 1.17 bits per heavy atom. The normalized spacial score (nSPS) is 12.3. The highest BCUT2D eigenvalue weighted by Gasteiger charge is 2.36. The van der Waals surface area contributed by atoms with Crippen LogP contribution in [-0.4, -0.2) is 24.8 Å². The predicted octanol–water partition coefficient (Wildman–Crippen LogP) is 3.48. The van der Waals surface area contributed by atoms with Crippen molar-refractivity contribution in [1.82, 2.24) is 24.8 Å².